The minimum absolute atomic E-state index is 0.124. The number of carbonyl (C=O) groups excluding carboxylic acids is 1. The lowest BCUT2D eigenvalue weighted by Crippen LogP contribution is -2.14. The quantitative estimate of drug-likeness (QED) is 0.658. The first-order valence-electron chi connectivity index (χ1n) is 8.28. The molecule has 1 aromatic heterocycles. The predicted molar refractivity (Wildman–Crippen MR) is 99.4 cm³/mol. The summed E-state index contributed by atoms with van der Waals surface area (Å²) >= 11 is 0. The first-order valence-corrected chi connectivity index (χ1v) is 8.28. The molecule has 5 nitrogen and oxygen atoms in total. The molecule has 7 heteroatoms. The molecule has 0 atom stereocenters. The molecule has 3 rings (SSSR count). The highest BCUT2D eigenvalue weighted by atomic mass is 19.2. The molecule has 138 valence electrons. The Bertz CT molecular complexity index is 963. The second kappa shape index (κ2) is 8.27. The number of rotatable bonds is 6. The number of nitrogens with one attached hydrogen (secondary N) is 2. The van der Waals surface area contributed by atoms with E-state index in [1.807, 2.05) is 31.2 Å². The van der Waals surface area contributed by atoms with Gasteiger partial charge in [-0.3, -0.25) is 9.78 Å². The van der Waals surface area contributed by atoms with Gasteiger partial charge in [0.05, 0.1) is 12.3 Å². The molecule has 0 saturated heterocycles. The highest BCUT2D eigenvalue weighted by Crippen LogP contribution is 2.27. The molecular weight excluding hydrogens is 352 g/mol. The van der Waals surface area contributed by atoms with Gasteiger partial charge in [0, 0.05) is 23.6 Å². The van der Waals surface area contributed by atoms with Crippen LogP contribution in [0.4, 0.5) is 25.8 Å². The maximum atomic E-state index is 13.3. The minimum Gasteiger partial charge on any atom is -0.492 e. The summed E-state index contributed by atoms with van der Waals surface area (Å²) in [5, 5.41) is 5.67. The van der Waals surface area contributed by atoms with Gasteiger partial charge in [0.1, 0.15) is 11.4 Å². The van der Waals surface area contributed by atoms with Crippen molar-refractivity contribution in [2.75, 3.05) is 17.2 Å². The zero-order chi connectivity index (χ0) is 19.2. The van der Waals surface area contributed by atoms with Crippen molar-refractivity contribution in [2.45, 2.75) is 6.92 Å². The van der Waals surface area contributed by atoms with E-state index in [0.717, 1.165) is 17.8 Å². The van der Waals surface area contributed by atoms with E-state index in [4.69, 9.17) is 4.74 Å². The van der Waals surface area contributed by atoms with Crippen LogP contribution in [-0.4, -0.2) is 17.5 Å². The largest absolute Gasteiger partial charge is 0.492 e. The van der Waals surface area contributed by atoms with E-state index in [2.05, 4.69) is 15.6 Å². The Kier molecular flexibility index (Phi) is 5.61. The van der Waals surface area contributed by atoms with Crippen LogP contribution in [0.15, 0.2) is 60.8 Å². The standard InChI is InChI=1S/C20H17F2N3O2/c1-2-27-19-6-4-3-5-17(19)24-14-9-10-23-18(12-14)20(26)25-13-7-8-15(21)16(22)11-13/h3-12H,2H2,1H3,(H,23,24)(H,25,26). The van der Waals surface area contributed by atoms with E-state index in [-0.39, 0.29) is 11.4 Å². The van der Waals surface area contributed by atoms with Crippen molar-refractivity contribution in [1.29, 1.82) is 0 Å². The molecular formula is C20H17F2N3O2. The van der Waals surface area contributed by atoms with Crippen molar-refractivity contribution in [3.05, 3.63) is 78.1 Å². The van der Waals surface area contributed by atoms with Crippen LogP contribution in [-0.2, 0) is 0 Å². The monoisotopic (exact) mass is 369 g/mol. The molecule has 0 unspecified atom stereocenters. The zero-order valence-electron chi connectivity index (χ0n) is 14.5. The lowest BCUT2D eigenvalue weighted by molar-refractivity contribution is 0.102. The Balaban J connectivity index is 1.77. The van der Waals surface area contributed by atoms with E-state index in [1.54, 1.807) is 12.1 Å². The average Bonchev–Trinajstić information content (AvgIpc) is 2.67. The number of halogens is 2. The number of para-hydroxylation sites is 2. The number of benzene rings is 2. The second-order valence-corrected chi connectivity index (χ2v) is 5.57. The second-order valence-electron chi connectivity index (χ2n) is 5.57. The minimum atomic E-state index is -1.04. The third-order valence-corrected chi connectivity index (χ3v) is 3.64. The maximum absolute atomic E-state index is 13.3. The van der Waals surface area contributed by atoms with E-state index >= 15 is 0 Å². The first-order chi connectivity index (χ1) is 13.1. The van der Waals surface area contributed by atoms with Gasteiger partial charge in [-0.15, -0.1) is 0 Å². The molecule has 0 saturated carbocycles. The maximum Gasteiger partial charge on any atom is 0.274 e. The topological polar surface area (TPSA) is 63.2 Å². The number of ether oxygens (including phenoxy) is 1. The number of nitrogens with zero attached hydrogens (tertiary/aromatic N) is 1. The van der Waals surface area contributed by atoms with Crippen LogP contribution in [0.3, 0.4) is 0 Å². The van der Waals surface area contributed by atoms with E-state index in [9.17, 15) is 13.6 Å². The molecule has 0 aliphatic carbocycles. The van der Waals surface area contributed by atoms with Crippen LogP contribution in [0.5, 0.6) is 5.75 Å². The number of anilines is 3. The number of hydrogen-bond acceptors (Lipinski definition) is 4. The summed E-state index contributed by atoms with van der Waals surface area (Å²) in [5.41, 5.74) is 1.64. The Morgan fingerprint density at radius 1 is 1.04 bits per heavy atom. The van der Waals surface area contributed by atoms with Crippen molar-refractivity contribution in [1.82, 2.24) is 4.98 Å². The zero-order valence-corrected chi connectivity index (χ0v) is 14.5. The highest BCUT2D eigenvalue weighted by molar-refractivity contribution is 6.03. The molecule has 3 aromatic rings. The van der Waals surface area contributed by atoms with Crippen molar-refractivity contribution < 1.29 is 18.3 Å². The lowest BCUT2D eigenvalue weighted by atomic mass is 10.2. The van der Waals surface area contributed by atoms with Crippen LogP contribution in [0.25, 0.3) is 0 Å². The number of amides is 1. The van der Waals surface area contributed by atoms with Crippen LogP contribution >= 0.6 is 0 Å². The predicted octanol–water partition coefficient (Wildman–Crippen LogP) is 4.75. The number of aromatic nitrogens is 1. The summed E-state index contributed by atoms with van der Waals surface area (Å²) in [7, 11) is 0. The van der Waals surface area contributed by atoms with Crippen LogP contribution < -0.4 is 15.4 Å². The molecule has 2 N–H and O–H groups in total. The summed E-state index contributed by atoms with van der Waals surface area (Å²) in [5.74, 6) is -1.87. The van der Waals surface area contributed by atoms with Gasteiger partial charge in [-0.25, -0.2) is 8.78 Å². The summed E-state index contributed by atoms with van der Waals surface area (Å²) in [4.78, 5) is 16.4. The molecule has 27 heavy (non-hydrogen) atoms. The molecule has 2 aromatic carbocycles. The van der Waals surface area contributed by atoms with Crippen molar-refractivity contribution in [3.63, 3.8) is 0 Å². The van der Waals surface area contributed by atoms with Gasteiger partial charge < -0.3 is 15.4 Å². The van der Waals surface area contributed by atoms with Gasteiger partial charge in [-0.05, 0) is 43.3 Å². The molecule has 0 radical (unpaired) electrons. The summed E-state index contributed by atoms with van der Waals surface area (Å²) < 4.78 is 31.8. The van der Waals surface area contributed by atoms with Crippen LogP contribution in [0, 0.1) is 11.6 Å². The third-order valence-electron chi connectivity index (χ3n) is 3.64. The molecule has 0 bridgehead atoms. The molecule has 0 fully saturated rings. The Hall–Kier alpha value is -3.48. The normalized spacial score (nSPS) is 10.3. The van der Waals surface area contributed by atoms with Crippen molar-refractivity contribution in [2.24, 2.45) is 0 Å². The first kappa shape index (κ1) is 18.3. The van der Waals surface area contributed by atoms with Gasteiger partial charge in [-0.2, -0.15) is 0 Å². The third kappa shape index (κ3) is 4.58. The lowest BCUT2D eigenvalue weighted by Gasteiger charge is -2.12. The highest BCUT2D eigenvalue weighted by Gasteiger charge is 2.11. The van der Waals surface area contributed by atoms with Gasteiger partial charge in [0.25, 0.3) is 5.91 Å². The number of carbonyl (C=O) groups is 1. The SMILES string of the molecule is CCOc1ccccc1Nc1ccnc(C(=O)Nc2ccc(F)c(F)c2)c1. The summed E-state index contributed by atoms with van der Waals surface area (Å²) in [6.45, 7) is 2.42. The van der Waals surface area contributed by atoms with E-state index in [0.29, 0.717) is 18.0 Å². The Morgan fingerprint density at radius 2 is 1.85 bits per heavy atom. The molecule has 1 heterocycles. The molecule has 0 spiro atoms. The van der Waals surface area contributed by atoms with Gasteiger partial charge in [-0.1, -0.05) is 12.1 Å². The average molecular weight is 369 g/mol. The number of hydrogen-bond donors (Lipinski definition) is 2. The summed E-state index contributed by atoms with van der Waals surface area (Å²) in [6.07, 6.45) is 1.48. The van der Waals surface area contributed by atoms with Crippen LogP contribution in [0.2, 0.25) is 0 Å². The van der Waals surface area contributed by atoms with Crippen LogP contribution in [0.1, 0.15) is 17.4 Å². The van der Waals surface area contributed by atoms with Gasteiger partial charge in [0.15, 0.2) is 11.6 Å². The molecule has 0 aliphatic heterocycles. The van der Waals surface area contributed by atoms with E-state index in [1.165, 1.54) is 12.3 Å². The fraction of sp³-hybridized carbons (Fsp3) is 0.100. The fourth-order valence-corrected chi connectivity index (χ4v) is 2.41. The van der Waals surface area contributed by atoms with Gasteiger partial charge >= 0.3 is 0 Å². The Labute approximate surface area is 155 Å². The van der Waals surface area contributed by atoms with E-state index < -0.39 is 17.5 Å². The van der Waals surface area contributed by atoms with Crippen molar-refractivity contribution in [3.8, 4) is 5.75 Å². The van der Waals surface area contributed by atoms with Crippen molar-refractivity contribution >= 4 is 23.0 Å². The smallest absolute Gasteiger partial charge is 0.274 e. The van der Waals surface area contributed by atoms with Gasteiger partial charge in [0.2, 0.25) is 0 Å². The molecule has 1 amide bonds. The number of pyridine rings is 1. The molecule has 0 aliphatic rings. The summed E-state index contributed by atoms with van der Waals surface area (Å²) in [6, 6.07) is 13.8. The Morgan fingerprint density at radius 3 is 2.63 bits per heavy atom. The fourth-order valence-electron chi connectivity index (χ4n) is 2.41.